The maximum absolute atomic E-state index is 12.5. The van der Waals surface area contributed by atoms with Gasteiger partial charge < -0.3 is 19.7 Å². The van der Waals surface area contributed by atoms with Gasteiger partial charge in [-0.1, -0.05) is 12.1 Å². The van der Waals surface area contributed by atoms with Crippen molar-refractivity contribution in [2.45, 2.75) is 13.0 Å². The Morgan fingerprint density at radius 3 is 2.75 bits per heavy atom. The highest BCUT2D eigenvalue weighted by atomic mass is 35.5. The lowest BCUT2D eigenvalue weighted by Crippen LogP contribution is -2.39. The molecule has 0 spiro atoms. The van der Waals surface area contributed by atoms with E-state index in [0.29, 0.717) is 24.6 Å². The summed E-state index contributed by atoms with van der Waals surface area (Å²) in [4.78, 5) is 16.4. The van der Waals surface area contributed by atoms with E-state index in [1.54, 1.807) is 19.1 Å². The molecule has 0 aliphatic carbocycles. The zero-order valence-electron chi connectivity index (χ0n) is 14.7. The van der Waals surface area contributed by atoms with Crippen molar-refractivity contribution in [3.05, 3.63) is 23.8 Å². The van der Waals surface area contributed by atoms with Gasteiger partial charge in [0.15, 0.2) is 11.5 Å². The SMILES string of the molecule is COc1cccc(CN(C)C(=O)CN2CCCNCC2)c1OC.Cl. The van der Waals surface area contributed by atoms with Crippen LogP contribution in [0.4, 0.5) is 0 Å². The summed E-state index contributed by atoms with van der Waals surface area (Å²) in [5.41, 5.74) is 0.945. The van der Waals surface area contributed by atoms with Gasteiger partial charge in [0.1, 0.15) is 0 Å². The highest BCUT2D eigenvalue weighted by Gasteiger charge is 2.18. The van der Waals surface area contributed by atoms with Gasteiger partial charge >= 0.3 is 0 Å². The first-order chi connectivity index (χ1) is 11.2. The van der Waals surface area contributed by atoms with Crippen LogP contribution in [0.2, 0.25) is 0 Å². The fourth-order valence-corrected chi connectivity index (χ4v) is 2.79. The van der Waals surface area contributed by atoms with Crippen LogP contribution in [0.15, 0.2) is 18.2 Å². The first kappa shape index (κ1) is 20.5. The summed E-state index contributed by atoms with van der Waals surface area (Å²) in [5.74, 6) is 1.50. The largest absolute Gasteiger partial charge is 0.493 e. The predicted octanol–water partition coefficient (Wildman–Crippen LogP) is 1.38. The van der Waals surface area contributed by atoms with Gasteiger partial charge in [0.2, 0.25) is 5.91 Å². The Hall–Kier alpha value is -1.50. The number of amides is 1. The average Bonchev–Trinajstić information content (AvgIpc) is 2.83. The van der Waals surface area contributed by atoms with Crippen LogP contribution in [0, 0.1) is 0 Å². The highest BCUT2D eigenvalue weighted by Crippen LogP contribution is 2.31. The molecule has 1 aliphatic rings. The molecular weight excluding hydrogens is 330 g/mol. The summed E-state index contributed by atoms with van der Waals surface area (Å²) in [5, 5.41) is 3.35. The molecule has 1 heterocycles. The second-order valence-electron chi connectivity index (χ2n) is 5.78. The summed E-state index contributed by atoms with van der Waals surface area (Å²) in [6.07, 6.45) is 1.08. The minimum Gasteiger partial charge on any atom is -0.493 e. The number of benzene rings is 1. The Labute approximate surface area is 150 Å². The molecule has 1 aromatic rings. The molecule has 6 nitrogen and oxygen atoms in total. The number of para-hydroxylation sites is 1. The van der Waals surface area contributed by atoms with E-state index in [0.717, 1.165) is 38.2 Å². The zero-order valence-corrected chi connectivity index (χ0v) is 15.5. The lowest BCUT2D eigenvalue weighted by Gasteiger charge is -2.24. The van der Waals surface area contributed by atoms with Gasteiger partial charge in [-0.25, -0.2) is 0 Å². The van der Waals surface area contributed by atoms with Crippen molar-refractivity contribution in [2.75, 3.05) is 54.0 Å². The van der Waals surface area contributed by atoms with Crippen molar-refractivity contribution < 1.29 is 14.3 Å². The number of hydrogen-bond donors (Lipinski definition) is 1. The van der Waals surface area contributed by atoms with E-state index < -0.39 is 0 Å². The molecule has 1 aliphatic heterocycles. The standard InChI is InChI=1S/C17H27N3O3.ClH/c1-19(16(21)13-20-10-5-8-18-9-11-20)12-14-6-4-7-15(22-2)17(14)23-3;/h4,6-7,18H,5,8-13H2,1-3H3;1H. The number of carbonyl (C=O) groups excluding carboxylic acids is 1. The van der Waals surface area contributed by atoms with Crippen molar-refractivity contribution >= 4 is 18.3 Å². The third-order valence-electron chi connectivity index (χ3n) is 4.11. The number of methoxy groups -OCH3 is 2. The van der Waals surface area contributed by atoms with E-state index in [-0.39, 0.29) is 18.3 Å². The molecule has 0 bridgehead atoms. The fourth-order valence-electron chi connectivity index (χ4n) is 2.79. The topological polar surface area (TPSA) is 54.0 Å². The van der Waals surface area contributed by atoms with Crippen molar-refractivity contribution in [1.82, 2.24) is 15.1 Å². The summed E-state index contributed by atoms with van der Waals surface area (Å²) in [6, 6.07) is 5.73. The second-order valence-corrected chi connectivity index (χ2v) is 5.78. The van der Waals surface area contributed by atoms with E-state index in [4.69, 9.17) is 9.47 Å². The molecule has 1 fully saturated rings. The molecule has 0 aromatic heterocycles. The van der Waals surface area contributed by atoms with E-state index in [9.17, 15) is 4.79 Å². The number of hydrogen-bond acceptors (Lipinski definition) is 5. The van der Waals surface area contributed by atoms with Crippen molar-refractivity contribution in [3.8, 4) is 11.5 Å². The Balaban J connectivity index is 0.00000288. The third kappa shape index (κ3) is 5.54. The number of nitrogens with one attached hydrogen (secondary N) is 1. The quantitative estimate of drug-likeness (QED) is 0.833. The summed E-state index contributed by atoms with van der Waals surface area (Å²) < 4.78 is 10.7. The third-order valence-corrected chi connectivity index (χ3v) is 4.11. The number of halogens is 1. The molecule has 2 rings (SSSR count). The van der Waals surface area contributed by atoms with Gasteiger partial charge in [0, 0.05) is 32.2 Å². The van der Waals surface area contributed by atoms with E-state index in [1.807, 2.05) is 25.2 Å². The smallest absolute Gasteiger partial charge is 0.236 e. The summed E-state index contributed by atoms with van der Waals surface area (Å²) >= 11 is 0. The Kier molecular flexibility index (Phi) is 8.89. The second kappa shape index (κ2) is 10.4. The minimum atomic E-state index is 0. The number of rotatable bonds is 6. The molecule has 1 N–H and O–H groups in total. The molecule has 0 atom stereocenters. The monoisotopic (exact) mass is 357 g/mol. The number of ether oxygens (including phenoxy) is 2. The van der Waals surface area contributed by atoms with Crippen molar-refractivity contribution in [1.29, 1.82) is 0 Å². The van der Waals surface area contributed by atoms with Crippen LogP contribution in [0.25, 0.3) is 0 Å². The van der Waals surface area contributed by atoms with Crippen molar-refractivity contribution in [3.63, 3.8) is 0 Å². The first-order valence-electron chi connectivity index (χ1n) is 8.02. The normalized spacial score (nSPS) is 15.1. The van der Waals surface area contributed by atoms with E-state index in [2.05, 4.69) is 10.2 Å². The van der Waals surface area contributed by atoms with Crippen LogP contribution >= 0.6 is 12.4 Å². The molecular formula is C17H28ClN3O3. The summed E-state index contributed by atoms with van der Waals surface area (Å²) in [7, 11) is 5.06. The van der Waals surface area contributed by atoms with Crippen LogP contribution in [-0.4, -0.2) is 69.7 Å². The van der Waals surface area contributed by atoms with Gasteiger partial charge in [0.05, 0.1) is 20.8 Å². The van der Waals surface area contributed by atoms with E-state index in [1.165, 1.54) is 0 Å². The highest BCUT2D eigenvalue weighted by molar-refractivity contribution is 5.85. The molecule has 0 radical (unpaired) electrons. The Bertz CT molecular complexity index is 520. The van der Waals surface area contributed by atoms with Gasteiger partial charge in [0.25, 0.3) is 0 Å². The molecule has 1 amide bonds. The molecule has 136 valence electrons. The first-order valence-corrected chi connectivity index (χ1v) is 8.02. The van der Waals surface area contributed by atoms with Gasteiger partial charge in [-0.3, -0.25) is 9.69 Å². The number of carbonyl (C=O) groups is 1. The lowest BCUT2D eigenvalue weighted by molar-refractivity contribution is -0.131. The van der Waals surface area contributed by atoms with Crippen molar-refractivity contribution in [2.24, 2.45) is 0 Å². The molecule has 1 saturated heterocycles. The van der Waals surface area contributed by atoms with Gasteiger partial charge in [-0.2, -0.15) is 0 Å². The number of nitrogens with zero attached hydrogens (tertiary/aromatic N) is 2. The van der Waals surface area contributed by atoms with Gasteiger partial charge in [-0.05, 0) is 25.6 Å². The Morgan fingerprint density at radius 2 is 2.04 bits per heavy atom. The molecule has 7 heteroatoms. The lowest BCUT2D eigenvalue weighted by atomic mass is 10.1. The fraction of sp³-hybridized carbons (Fsp3) is 0.588. The summed E-state index contributed by atoms with van der Waals surface area (Å²) in [6.45, 7) is 4.83. The molecule has 0 unspecified atom stereocenters. The molecule has 0 saturated carbocycles. The zero-order chi connectivity index (χ0) is 16.7. The van der Waals surface area contributed by atoms with Gasteiger partial charge in [-0.15, -0.1) is 12.4 Å². The maximum atomic E-state index is 12.5. The minimum absolute atomic E-state index is 0. The van der Waals surface area contributed by atoms with E-state index >= 15 is 0 Å². The Morgan fingerprint density at radius 1 is 1.25 bits per heavy atom. The van der Waals surface area contributed by atoms with Crippen LogP contribution in [-0.2, 0) is 11.3 Å². The number of likely N-dealkylation sites (N-methyl/N-ethyl adjacent to an activating group) is 1. The van der Waals surface area contributed by atoms with Crippen LogP contribution in [0.5, 0.6) is 11.5 Å². The van der Waals surface area contributed by atoms with Crippen LogP contribution < -0.4 is 14.8 Å². The molecule has 24 heavy (non-hydrogen) atoms. The average molecular weight is 358 g/mol. The maximum Gasteiger partial charge on any atom is 0.236 e. The van der Waals surface area contributed by atoms with Crippen LogP contribution in [0.1, 0.15) is 12.0 Å². The van der Waals surface area contributed by atoms with Crippen LogP contribution in [0.3, 0.4) is 0 Å². The predicted molar refractivity (Wildman–Crippen MR) is 97.2 cm³/mol. The molecule has 1 aromatic carbocycles.